The molecule has 1 aliphatic rings. The molecular weight excluding hydrogens is 290 g/mol. The van der Waals surface area contributed by atoms with Gasteiger partial charge in [-0.05, 0) is 30.0 Å². The lowest BCUT2D eigenvalue weighted by Crippen LogP contribution is -2.32. The highest BCUT2D eigenvalue weighted by atomic mass is 32.2. The highest BCUT2D eigenvalue weighted by molar-refractivity contribution is 7.89. The van der Waals surface area contributed by atoms with E-state index < -0.39 is 15.3 Å². The van der Waals surface area contributed by atoms with E-state index in [0.29, 0.717) is 13.0 Å². The van der Waals surface area contributed by atoms with E-state index in [2.05, 4.69) is 0 Å². The van der Waals surface area contributed by atoms with Crippen molar-refractivity contribution < 1.29 is 17.9 Å². The number of benzene rings is 1. The molecule has 118 valence electrons. The molecule has 1 heterocycles. The molecule has 0 bridgehead atoms. The first-order valence-electron chi connectivity index (χ1n) is 7.27. The number of hydrogen-bond donors (Lipinski definition) is 1. The largest absolute Gasteiger partial charge is 0.488 e. The van der Waals surface area contributed by atoms with Crippen LogP contribution in [0.4, 0.5) is 0 Å². The minimum atomic E-state index is -3.56. The molecule has 2 N–H and O–H groups in total. The molecule has 3 atom stereocenters. The summed E-state index contributed by atoms with van der Waals surface area (Å²) in [5.74, 6) is 0.576. The molecule has 1 aromatic carbocycles. The summed E-state index contributed by atoms with van der Waals surface area (Å²) in [7, 11) is -3.56. The molecule has 1 unspecified atom stereocenters. The smallest absolute Gasteiger partial charge is 0.212 e. The maximum Gasteiger partial charge on any atom is 0.212 e. The fourth-order valence-corrected chi connectivity index (χ4v) is 3.95. The molecule has 1 saturated heterocycles. The van der Waals surface area contributed by atoms with Crippen molar-refractivity contribution in [3.63, 3.8) is 0 Å². The number of rotatable bonds is 6. The number of ether oxygens (including phenoxy) is 2. The molecule has 1 aliphatic heterocycles. The fraction of sp³-hybridized carbons (Fsp3) is 0.600. The summed E-state index contributed by atoms with van der Waals surface area (Å²) in [6, 6.07) is 7.58. The maximum atomic E-state index is 11.7. The summed E-state index contributed by atoms with van der Waals surface area (Å²) in [4.78, 5) is 0. The maximum absolute atomic E-state index is 11.7. The number of nitrogens with two attached hydrogens (primary N) is 1. The Morgan fingerprint density at radius 3 is 2.81 bits per heavy atom. The average molecular weight is 313 g/mol. The first-order chi connectivity index (χ1) is 9.91. The second kappa shape index (κ2) is 6.77. The highest BCUT2D eigenvalue weighted by Crippen LogP contribution is 2.28. The van der Waals surface area contributed by atoms with Gasteiger partial charge >= 0.3 is 0 Å². The summed E-state index contributed by atoms with van der Waals surface area (Å²) >= 11 is 0. The lowest BCUT2D eigenvalue weighted by Gasteiger charge is -2.22. The summed E-state index contributed by atoms with van der Waals surface area (Å²) in [5, 5.41) is 4.74. The molecule has 21 heavy (non-hydrogen) atoms. The Morgan fingerprint density at radius 1 is 1.48 bits per heavy atom. The predicted molar refractivity (Wildman–Crippen MR) is 81.9 cm³/mol. The Bertz CT molecular complexity index is 567. The summed E-state index contributed by atoms with van der Waals surface area (Å²) in [6.45, 7) is 5.05. The molecule has 6 heteroatoms. The first kappa shape index (κ1) is 16.3. The van der Waals surface area contributed by atoms with Crippen molar-refractivity contribution in [2.75, 3.05) is 13.2 Å². The van der Waals surface area contributed by atoms with Crippen molar-refractivity contribution in [2.24, 2.45) is 5.14 Å². The van der Waals surface area contributed by atoms with E-state index in [1.165, 1.54) is 0 Å². The van der Waals surface area contributed by atoms with Gasteiger partial charge in [0.15, 0.2) is 0 Å². The molecule has 0 amide bonds. The van der Waals surface area contributed by atoms with Crippen molar-refractivity contribution in [3.8, 4) is 5.75 Å². The third kappa shape index (κ3) is 4.18. The second-order valence-electron chi connectivity index (χ2n) is 5.50. The monoisotopic (exact) mass is 313 g/mol. The van der Waals surface area contributed by atoms with Crippen LogP contribution in [-0.2, 0) is 14.8 Å². The van der Waals surface area contributed by atoms with Crippen molar-refractivity contribution >= 4 is 10.0 Å². The molecule has 1 fully saturated rings. The summed E-state index contributed by atoms with van der Waals surface area (Å²) in [6.07, 6.45) is 1.45. The van der Waals surface area contributed by atoms with Crippen LogP contribution in [0, 0.1) is 0 Å². The topological polar surface area (TPSA) is 78.6 Å². The van der Waals surface area contributed by atoms with E-state index in [1.807, 2.05) is 38.1 Å². The number of hydrogen-bond acceptors (Lipinski definition) is 4. The van der Waals surface area contributed by atoms with Crippen LogP contribution >= 0.6 is 0 Å². The quantitative estimate of drug-likeness (QED) is 0.871. The Balaban J connectivity index is 2.15. The summed E-state index contributed by atoms with van der Waals surface area (Å²) in [5.41, 5.74) is 0.923. The zero-order chi connectivity index (χ0) is 15.5. The van der Waals surface area contributed by atoms with Crippen LogP contribution in [0.5, 0.6) is 5.75 Å². The molecule has 0 saturated carbocycles. The molecular formula is C15H23NO4S. The van der Waals surface area contributed by atoms with Gasteiger partial charge in [-0.25, -0.2) is 13.6 Å². The van der Waals surface area contributed by atoms with Crippen LogP contribution in [0.3, 0.4) is 0 Å². The normalized spacial score (nSPS) is 22.0. The standard InChI is InChI=1S/C15H23NO4S/c1-3-15(21(16,17)18)11(2)12-5-4-6-13(9-12)20-14-7-8-19-10-14/h4-6,9,11,14-15H,3,7-8,10H2,1-2H3,(H2,16,17,18)/t11-,14+,15?/m1/s1. The molecule has 2 rings (SSSR count). The van der Waals surface area contributed by atoms with E-state index >= 15 is 0 Å². The van der Waals surface area contributed by atoms with Gasteiger partial charge in [0.05, 0.1) is 18.5 Å². The zero-order valence-electron chi connectivity index (χ0n) is 12.5. The van der Waals surface area contributed by atoms with Crippen molar-refractivity contribution in [2.45, 2.75) is 44.0 Å². The van der Waals surface area contributed by atoms with Crippen molar-refractivity contribution in [1.29, 1.82) is 0 Å². The molecule has 0 radical (unpaired) electrons. The average Bonchev–Trinajstić information content (AvgIpc) is 2.91. The number of primary sulfonamides is 1. The Kier molecular flexibility index (Phi) is 5.24. The van der Waals surface area contributed by atoms with Gasteiger partial charge in [0.25, 0.3) is 0 Å². The molecule has 5 nitrogen and oxygen atoms in total. The SMILES string of the molecule is CCC([C@H](C)c1cccc(O[C@H]2CCOC2)c1)S(N)(=O)=O. The van der Waals surface area contributed by atoms with Gasteiger partial charge in [-0.1, -0.05) is 26.0 Å². The van der Waals surface area contributed by atoms with E-state index in [1.54, 1.807) is 0 Å². The Labute approximate surface area is 126 Å². The van der Waals surface area contributed by atoms with Crippen molar-refractivity contribution in [1.82, 2.24) is 0 Å². The molecule has 1 aromatic rings. The minimum absolute atomic E-state index is 0.0794. The van der Waals surface area contributed by atoms with E-state index in [9.17, 15) is 8.42 Å². The van der Waals surface area contributed by atoms with Gasteiger partial charge in [0.1, 0.15) is 11.9 Å². The first-order valence-corrected chi connectivity index (χ1v) is 8.88. The highest BCUT2D eigenvalue weighted by Gasteiger charge is 2.27. The third-order valence-corrected chi connectivity index (χ3v) is 5.54. The summed E-state index contributed by atoms with van der Waals surface area (Å²) < 4.78 is 34.5. The van der Waals surface area contributed by atoms with Gasteiger partial charge in [-0.2, -0.15) is 0 Å². The van der Waals surface area contributed by atoms with Crippen LogP contribution in [0.25, 0.3) is 0 Å². The minimum Gasteiger partial charge on any atom is -0.488 e. The lowest BCUT2D eigenvalue weighted by atomic mass is 9.96. The zero-order valence-corrected chi connectivity index (χ0v) is 13.3. The lowest BCUT2D eigenvalue weighted by molar-refractivity contribution is 0.141. The Morgan fingerprint density at radius 2 is 2.24 bits per heavy atom. The van der Waals surface area contributed by atoms with E-state index in [4.69, 9.17) is 14.6 Å². The molecule has 0 aromatic heterocycles. The predicted octanol–water partition coefficient (Wildman–Crippen LogP) is 2.02. The van der Waals surface area contributed by atoms with Crippen LogP contribution < -0.4 is 9.88 Å². The van der Waals surface area contributed by atoms with Gasteiger partial charge in [0, 0.05) is 6.42 Å². The van der Waals surface area contributed by atoms with Gasteiger partial charge in [0.2, 0.25) is 10.0 Å². The van der Waals surface area contributed by atoms with E-state index in [0.717, 1.165) is 24.3 Å². The van der Waals surface area contributed by atoms with Crippen LogP contribution in [0.15, 0.2) is 24.3 Å². The fourth-order valence-electron chi connectivity index (χ4n) is 2.75. The Hall–Kier alpha value is -1.11. The van der Waals surface area contributed by atoms with Crippen LogP contribution in [0.1, 0.15) is 38.2 Å². The molecule has 0 aliphatic carbocycles. The van der Waals surface area contributed by atoms with Gasteiger partial charge < -0.3 is 9.47 Å². The van der Waals surface area contributed by atoms with Gasteiger partial charge in [-0.15, -0.1) is 0 Å². The van der Waals surface area contributed by atoms with E-state index in [-0.39, 0.29) is 12.0 Å². The number of sulfonamides is 1. The van der Waals surface area contributed by atoms with Crippen LogP contribution in [-0.4, -0.2) is 33.0 Å². The second-order valence-corrected chi connectivity index (χ2v) is 7.28. The van der Waals surface area contributed by atoms with Gasteiger partial charge in [-0.3, -0.25) is 0 Å². The van der Waals surface area contributed by atoms with Crippen molar-refractivity contribution in [3.05, 3.63) is 29.8 Å². The van der Waals surface area contributed by atoms with Crippen LogP contribution in [0.2, 0.25) is 0 Å². The molecule has 0 spiro atoms. The third-order valence-electron chi connectivity index (χ3n) is 3.96.